The second-order valence-electron chi connectivity index (χ2n) is 11.0. The summed E-state index contributed by atoms with van der Waals surface area (Å²) < 4.78 is 10.9. The van der Waals surface area contributed by atoms with E-state index < -0.39 is 17.2 Å². The fourth-order valence-electron chi connectivity index (χ4n) is 5.69. The Morgan fingerprint density at radius 1 is 1.14 bits per heavy atom. The summed E-state index contributed by atoms with van der Waals surface area (Å²) in [7, 11) is 1.64. The molecule has 0 radical (unpaired) electrons. The fraction of sp³-hybridized carbons (Fsp3) is 0.429. The number of fused-ring (bicyclic) bond motifs is 5. The lowest BCUT2D eigenvalue weighted by Crippen LogP contribution is -2.63. The van der Waals surface area contributed by atoms with E-state index in [9.17, 15) is 9.59 Å². The number of nitrogens with one attached hydrogen (secondary N) is 1. The quantitative estimate of drug-likeness (QED) is 0.541. The van der Waals surface area contributed by atoms with Gasteiger partial charge >= 0.3 is 6.09 Å². The van der Waals surface area contributed by atoms with Crippen LogP contribution in [0.3, 0.4) is 0 Å². The minimum absolute atomic E-state index is 0.254. The van der Waals surface area contributed by atoms with E-state index in [1.807, 2.05) is 51.2 Å². The van der Waals surface area contributed by atoms with Crippen LogP contribution in [0.2, 0.25) is 0 Å². The Balaban J connectivity index is 1.42. The lowest BCUT2D eigenvalue weighted by Gasteiger charge is -2.51. The summed E-state index contributed by atoms with van der Waals surface area (Å²) in [6.07, 6.45) is 5.96. The van der Waals surface area contributed by atoms with E-state index in [1.165, 1.54) is 4.90 Å². The zero-order valence-electron chi connectivity index (χ0n) is 21.1. The maximum Gasteiger partial charge on any atom is 0.417 e. The summed E-state index contributed by atoms with van der Waals surface area (Å²) in [5.41, 5.74) is 4.90. The molecule has 1 fully saturated rings. The molecule has 8 heteroatoms. The zero-order valence-corrected chi connectivity index (χ0v) is 21.1. The first kappa shape index (κ1) is 22.8. The molecule has 8 nitrogen and oxygen atoms in total. The number of aromatic nitrogens is 3. The molecule has 1 spiro atoms. The number of amides is 2. The van der Waals surface area contributed by atoms with E-state index in [2.05, 4.69) is 9.97 Å². The van der Waals surface area contributed by atoms with Crippen molar-refractivity contribution in [1.82, 2.24) is 19.9 Å². The highest BCUT2D eigenvalue weighted by molar-refractivity contribution is 6.08. The van der Waals surface area contributed by atoms with E-state index >= 15 is 0 Å². The van der Waals surface area contributed by atoms with Crippen molar-refractivity contribution in [2.45, 2.75) is 70.4 Å². The van der Waals surface area contributed by atoms with Gasteiger partial charge < -0.3 is 14.5 Å². The topological polar surface area (TPSA) is 97.4 Å². The van der Waals surface area contributed by atoms with Crippen LogP contribution in [-0.4, -0.2) is 50.1 Å². The van der Waals surface area contributed by atoms with Gasteiger partial charge in [-0.1, -0.05) is 0 Å². The van der Waals surface area contributed by atoms with Gasteiger partial charge in [-0.2, -0.15) is 0 Å². The Kier molecular flexibility index (Phi) is 5.00. The molecular weight excluding hydrogens is 456 g/mol. The second-order valence-corrected chi connectivity index (χ2v) is 11.0. The first-order valence-corrected chi connectivity index (χ1v) is 12.5. The number of nitrogens with zero attached hydrogens (tertiary/aromatic N) is 3. The Morgan fingerprint density at radius 3 is 2.53 bits per heavy atom. The van der Waals surface area contributed by atoms with Crippen molar-refractivity contribution in [3.05, 3.63) is 52.8 Å². The number of methoxy groups -OCH3 is 1. The molecule has 0 unspecified atom stereocenters. The van der Waals surface area contributed by atoms with Gasteiger partial charge in [-0.15, -0.1) is 0 Å². The van der Waals surface area contributed by atoms with Crippen LogP contribution < -0.4 is 4.74 Å². The number of aromatic amines is 1. The van der Waals surface area contributed by atoms with Crippen LogP contribution in [0.15, 0.2) is 30.5 Å². The van der Waals surface area contributed by atoms with Crippen molar-refractivity contribution < 1.29 is 19.1 Å². The van der Waals surface area contributed by atoms with Gasteiger partial charge in [-0.05, 0) is 88.3 Å². The van der Waals surface area contributed by atoms with E-state index in [1.54, 1.807) is 7.11 Å². The number of carbonyl (C=O) groups excluding carboxylic acids is 2. The van der Waals surface area contributed by atoms with Crippen LogP contribution in [-0.2, 0) is 24.0 Å². The molecule has 3 aromatic rings. The molecule has 36 heavy (non-hydrogen) atoms. The number of rotatable bonds is 2. The summed E-state index contributed by atoms with van der Waals surface area (Å²) in [4.78, 5) is 41.6. The van der Waals surface area contributed by atoms with Crippen molar-refractivity contribution in [1.29, 1.82) is 0 Å². The minimum Gasteiger partial charge on any atom is -0.497 e. The molecule has 1 saturated carbocycles. The Labute approximate surface area is 210 Å². The molecule has 186 valence electrons. The van der Waals surface area contributed by atoms with Crippen LogP contribution in [0.5, 0.6) is 5.75 Å². The number of benzene rings is 1. The summed E-state index contributed by atoms with van der Waals surface area (Å²) in [6.45, 7) is 5.48. The van der Waals surface area contributed by atoms with Gasteiger partial charge in [0, 0.05) is 23.9 Å². The molecule has 0 bridgehead atoms. The number of H-pyrrole nitrogens is 1. The Morgan fingerprint density at radius 2 is 1.89 bits per heavy atom. The molecule has 1 aliphatic heterocycles. The first-order chi connectivity index (χ1) is 17.2. The Bertz CT molecular complexity index is 1380. The van der Waals surface area contributed by atoms with Gasteiger partial charge in [-0.25, -0.2) is 19.7 Å². The third-order valence-electron chi connectivity index (χ3n) is 7.53. The van der Waals surface area contributed by atoms with Gasteiger partial charge in [0.05, 0.1) is 29.6 Å². The highest BCUT2D eigenvalue weighted by Crippen LogP contribution is 2.48. The van der Waals surface area contributed by atoms with Crippen molar-refractivity contribution in [3.8, 4) is 28.5 Å². The number of imide groups is 1. The Hall–Kier alpha value is -3.68. The van der Waals surface area contributed by atoms with Crippen LogP contribution in [0.25, 0.3) is 22.8 Å². The van der Waals surface area contributed by atoms with Gasteiger partial charge in [0.1, 0.15) is 11.4 Å². The van der Waals surface area contributed by atoms with Crippen LogP contribution in [0.1, 0.15) is 67.2 Å². The number of hydrogen-bond donors (Lipinski definition) is 1. The molecule has 6 rings (SSSR count). The smallest absolute Gasteiger partial charge is 0.417 e. The average Bonchev–Trinajstić information content (AvgIpc) is 3.20. The number of hydrogen-bond acceptors (Lipinski definition) is 6. The molecule has 0 saturated heterocycles. The molecular formula is C28H30N4O4. The molecule has 1 aromatic carbocycles. The number of ether oxygens (including phenoxy) is 2. The normalized spacial score (nSPS) is 17.7. The van der Waals surface area contributed by atoms with Crippen LogP contribution in [0.4, 0.5) is 4.79 Å². The van der Waals surface area contributed by atoms with Gasteiger partial charge in [-0.3, -0.25) is 4.79 Å². The summed E-state index contributed by atoms with van der Waals surface area (Å²) in [5, 5.41) is 0. The lowest BCUT2D eigenvalue weighted by molar-refractivity contribution is -0.0214. The minimum atomic E-state index is -0.673. The molecule has 2 aliphatic carbocycles. The molecule has 0 atom stereocenters. The molecule has 3 heterocycles. The van der Waals surface area contributed by atoms with Gasteiger partial charge in [0.25, 0.3) is 5.91 Å². The van der Waals surface area contributed by atoms with E-state index in [-0.39, 0.29) is 5.91 Å². The fourth-order valence-corrected chi connectivity index (χ4v) is 5.69. The summed E-state index contributed by atoms with van der Waals surface area (Å²) >= 11 is 0. The molecule has 2 aromatic heterocycles. The van der Waals surface area contributed by atoms with Crippen molar-refractivity contribution in [2.75, 3.05) is 7.11 Å². The second kappa shape index (κ2) is 7.91. The van der Waals surface area contributed by atoms with Crippen LogP contribution >= 0.6 is 0 Å². The number of aryl methyl sites for hydroxylation is 1. The molecule has 2 amide bonds. The van der Waals surface area contributed by atoms with Gasteiger partial charge in [0.15, 0.2) is 5.82 Å². The van der Waals surface area contributed by atoms with Crippen LogP contribution in [0, 0.1) is 0 Å². The average molecular weight is 487 g/mol. The number of carbonyl (C=O) groups is 2. The third kappa shape index (κ3) is 3.50. The molecule has 1 N–H and O–H groups in total. The largest absolute Gasteiger partial charge is 0.497 e. The highest BCUT2D eigenvalue weighted by atomic mass is 16.6. The molecule has 3 aliphatic rings. The lowest BCUT2D eigenvalue weighted by atomic mass is 9.69. The standard InChI is InChI=1S/C28H30N4O4/c1-27(2,3)36-26(34)32-25(33)21-19-11-8-17-15-29-24(16-6-9-18(35-4)10-7-16)31-22(17)23(19)30-20(21)14-28(32)12-5-13-28/h6-7,9-10,15,30H,5,8,11-14H2,1-4H3. The van der Waals surface area contributed by atoms with Crippen molar-refractivity contribution in [2.24, 2.45) is 0 Å². The predicted molar refractivity (Wildman–Crippen MR) is 134 cm³/mol. The highest BCUT2D eigenvalue weighted by Gasteiger charge is 2.54. The van der Waals surface area contributed by atoms with E-state index in [0.29, 0.717) is 24.2 Å². The van der Waals surface area contributed by atoms with Crippen molar-refractivity contribution in [3.63, 3.8) is 0 Å². The maximum absolute atomic E-state index is 13.9. The van der Waals surface area contributed by atoms with Crippen molar-refractivity contribution >= 4 is 12.0 Å². The maximum atomic E-state index is 13.9. The third-order valence-corrected chi connectivity index (χ3v) is 7.53. The predicted octanol–water partition coefficient (Wildman–Crippen LogP) is 5.10. The van der Waals surface area contributed by atoms with E-state index in [0.717, 1.165) is 65.2 Å². The monoisotopic (exact) mass is 486 g/mol. The summed E-state index contributed by atoms with van der Waals surface area (Å²) in [6, 6.07) is 7.65. The van der Waals surface area contributed by atoms with E-state index in [4.69, 9.17) is 14.5 Å². The van der Waals surface area contributed by atoms with Gasteiger partial charge in [0.2, 0.25) is 0 Å². The zero-order chi connectivity index (χ0) is 25.2. The summed E-state index contributed by atoms with van der Waals surface area (Å²) in [5.74, 6) is 1.14. The SMILES string of the molecule is COc1ccc(-c2ncc3c(n2)-c2[nH]c4c(c2CC3)C(=O)N(C(=O)OC(C)(C)C)C2(CCC2)C4)cc1. The first-order valence-electron chi connectivity index (χ1n) is 12.5.